The summed E-state index contributed by atoms with van der Waals surface area (Å²) < 4.78 is 0. The van der Waals surface area contributed by atoms with Gasteiger partial charge in [0.25, 0.3) is 0 Å². The van der Waals surface area contributed by atoms with Gasteiger partial charge in [-0.3, -0.25) is 4.98 Å². The molecule has 1 N–H and O–H groups in total. The zero-order valence-corrected chi connectivity index (χ0v) is 13.3. The number of carboxylic acids is 1. The number of benzene rings is 2. The van der Waals surface area contributed by atoms with Crippen molar-refractivity contribution in [3.8, 4) is 0 Å². The zero-order chi connectivity index (χ0) is 17.1. The van der Waals surface area contributed by atoms with E-state index in [1.54, 1.807) is 24.4 Å². The molecule has 0 radical (unpaired) electrons. The number of pyridine rings is 1. The number of aromatic carboxylic acids is 1. The molecule has 3 rings (SSSR count). The maximum Gasteiger partial charge on any atom is 0.338 e. The highest BCUT2D eigenvalue weighted by Crippen LogP contribution is 2.29. The normalized spacial score (nSPS) is 11.1. The number of para-hydroxylation sites is 1. The molecule has 120 valence electrons. The SMILES string of the molecule is CN(C)c1ccc(N=Nc2cccc3cccnc23)c(C(=O)O)c1. The number of carboxylic acid groups (broad SMARTS) is 1. The average Bonchev–Trinajstić information content (AvgIpc) is 2.59. The molecule has 0 aliphatic carbocycles. The second-order valence-electron chi connectivity index (χ2n) is 5.45. The van der Waals surface area contributed by atoms with Gasteiger partial charge in [0.1, 0.15) is 11.4 Å². The van der Waals surface area contributed by atoms with E-state index in [4.69, 9.17) is 0 Å². The Morgan fingerprint density at radius 1 is 1.04 bits per heavy atom. The minimum Gasteiger partial charge on any atom is -0.478 e. The molecule has 0 saturated heterocycles. The molecule has 24 heavy (non-hydrogen) atoms. The molecule has 0 fully saturated rings. The van der Waals surface area contributed by atoms with Gasteiger partial charge in [0.2, 0.25) is 0 Å². The third-order valence-corrected chi connectivity index (χ3v) is 3.60. The summed E-state index contributed by atoms with van der Waals surface area (Å²) in [4.78, 5) is 17.6. The summed E-state index contributed by atoms with van der Waals surface area (Å²) in [5, 5.41) is 18.7. The summed E-state index contributed by atoms with van der Waals surface area (Å²) in [5.74, 6) is -1.04. The second-order valence-corrected chi connectivity index (χ2v) is 5.45. The van der Waals surface area contributed by atoms with Crippen molar-refractivity contribution in [3.63, 3.8) is 0 Å². The van der Waals surface area contributed by atoms with Gasteiger partial charge in [-0.1, -0.05) is 18.2 Å². The van der Waals surface area contributed by atoms with Crippen LogP contribution in [0.3, 0.4) is 0 Å². The van der Waals surface area contributed by atoms with Crippen LogP contribution >= 0.6 is 0 Å². The summed E-state index contributed by atoms with van der Waals surface area (Å²) in [6.45, 7) is 0. The van der Waals surface area contributed by atoms with Gasteiger partial charge >= 0.3 is 5.97 Å². The minimum atomic E-state index is -1.04. The molecule has 1 aromatic heterocycles. The summed E-state index contributed by atoms with van der Waals surface area (Å²) in [7, 11) is 3.70. The smallest absolute Gasteiger partial charge is 0.338 e. The lowest BCUT2D eigenvalue weighted by molar-refractivity contribution is 0.0698. The van der Waals surface area contributed by atoms with Gasteiger partial charge in [-0.25, -0.2) is 4.79 Å². The molecule has 1 heterocycles. The first-order chi connectivity index (χ1) is 11.6. The predicted octanol–water partition coefficient (Wildman–Crippen LogP) is 4.41. The van der Waals surface area contributed by atoms with Crippen LogP contribution in [0.25, 0.3) is 10.9 Å². The molecular formula is C18H16N4O2. The van der Waals surface area contributed by atoms with Crippen molar-refractivity contribution in [2.45, 2.75) is 0 Å². The van der Waals surface area contributed by atoms with E-state index in [0.717, 1.165) is 16.6 Å². The van der Waals surface area contributed by atoms with Crippen molar-refractivity contribution in [3.05, 3.63) is 60.3 Å². The molecule has 0 saturated carbocycles. The second kappa shape index (κ2) is 6.45. The number of carbonyl (C=O) groups is 1. The van der Waals surface area contributed by atoms with E-state index < -0.39 is 5.97 Å². The lowest BCUT2D eigenvalue weighted by Crippen LogP contribution is -2.09. The topological polar surface area (TPSA) is 78.2 Å². The van der Waals surface area contributed by atoms with E-state index >= 15 is 0 Å². The molecule has 0 spiro atoms. The number of aromatic nitrogens is 1. The Kier molecular flexibility index (Phi) is 4.20. The summed E-state index contributed by atoms with van der Waals surface area (Å²) in [5.41, 5.74) is 2.53. The molecule has 0 aliphatic rings. The Bertz CT molecular complexity index is 930. The van der Waals surface area contributed by atoms with Crippen molar-refractivity contribution < 1.29 is 9.90 Å². The lowest BCUT2D eigenvalue weighted by Gasteiger charge is -2.13. The Hall–Kier alpha value is -3.28. The fourth-order valence-corrected chi connectivity index (χ4v) is 2.34. The van der Waals surface area contributed by atoms with Gasteiger partial charge in [0.15, 0.2) is 0 Å². The van der Waals surface area contributed by atoms with E-state index in [1.807, 2.05) is 49.3 Å². The van der Waals surface area contributed by atoms with Gasteiger partial charge in [-0.05, 0) is 30.3 Å². The molecule has 6 nitrogen and oxygen atoms in total. The molecule has 0 amide bonds. The molecule has 0 bridgehead atoms. The van der Waals surface area contributed by atoms with E-state index in [-0.39, 0.29) is 5.56 Å². The molecule has 0 atom stereocenters. The molecular weight excluding hydrogens is 304 g/mol. The number of anilines is 1. The highest BCUT2D eigenvalue weighted by molar-refractivity contribution is 5.94. The third-order valence-electron chi connectivity index (χ3n) is 3.60. The molecule has 6 heteroatoms. The van der Waals surface area contributed by atoms with Crippen LogP contribution in [0.4, 0.5) is 17.1 Å². The zero-order valence-electron chi connectivity index (χ0n) is 13.3. The van der Waals surface area contributed by atoms with Crippen molar-refractivity contribution >= 4 is 33.9 Å². The Labute approximate surface area is 139 Å². The largest absolute Gasteiger partial charge is 0.478 e. The van der Waals surface area contributed by atoms with Gasteiger partial charge in [0.05, 0.1) is 11.1 Å². The monoisotopic (exact) mass is 320 g/mol. The van der Waals surface area contributed by atoms with Crippen molar-refractivity contribution in [2.24, 2.45) is 10.2 Å². The van der Waals surface area contributed by atoms with Crippen LogP contribution in [-0.2, 0) is 0 Å². The number of azo groups is 1. The van der Waals surface area contributed by atoms with E-state index in [2.05, 4.69) is 15.2 Å². The minimum absolute atomic E-state index is 0.109. The molecule has 0 aliphatic heterocycles. The number of nitrogens with zero attached hydrogens (tertiary/aromatic N) is 4. The predicted molar refractivity (Wildman–Crippen MR) is 93.6 cm³/mol. The van der Waals surface area contributed by atoms with Gasteiger partial charge < -0.3 is 10.0 Å². The number of fused-ring (bicyclic) bond motifs is 1. The van der Waals surface area contributed by atoms with Crippen molar-refractivity contribution in [2.75, 3.05) is 19.0 Å². The maximum atomic E-state index is 11.5. The summed E-state index contributed by atoms with van der Waals surface area (Å²) in [6, 6.07) is 14.4. The number of hydrogen-bond donors (Lipinski definition) is 1. The van der Waals surface area contributed by atoms with Crippen molar-refractivity contribution in [1.29, 1.82) is 0 Å². The van der Waals surface area contributed by atoms with Crippen LogP contribution in [0.15, 0.2) is 65.0 Å². The van der Waals surface area contributed by atoms with Crippen LogP contribution in [0.5, 0.6) is 0 Å². The lowest BCUT2D eigenvalue weighted by atomic mass is 10.1. The first kappa shape index (κ1) is 15.6. The first-order valence-electron chi connectivity index (χ1n) is 7.36. The third kappa shape index (κ3) is 3.08. The van der Waals surface area contributed by atoms with Gasteiger partial charge in [-0.15, -0.1) is 10.2 Å². The quantitative estimate of drug-likeness (QED) is 0.722. The van der Waals surface area contributed by atoms with E-state index in [9.17, 15) is 9.90 Å². The van der Waals surface area contributed by atoms with Crippen LogP contribution in [0.1, 0.15) is 10.4 Å². The van der Waals surface area contributed by atoms with Crippen LogP contribution in [-0.4, -0.2) is 30.2 Å². The Morgan fingerprint density at radius 3 is 2.54 bits per heavy atom. The van der Waals surface area contributed by atoms with Gasteiger partial charge in [0, 0.05) is 31.4 Å². The first-order valence-corrected chi connectivity index (χ1v) is 7.36. The fraction of sp³-hybridized carbons (Fsp3) is 0.111. The molecule has 0 unspecified atom stereocenters. The summed E-state index contributed by atoms with van der Waals surface area (Å²) in [6.07, 6.45) is 1.69. The van der Waals surface area contributed by atoms with Crippen LogP contribution in [0.2, 0.25) is 0 Å². The van der Waals surface area contributed by atoms with Crippen LogP contribution in [0, 0.1) is 0 Å². The average molecular weight is 320 g/mol. The Balaban J connectivity index is 2.04. The highest BCUT2D eigenvalue weighted by atomic mass is 16.4. The van der Waals surface area contributed by atoms with Crippen LogP contribution < -0.4 is 4.90 Å². The van der Waals surface area contributed by atoms with Crippen molar-refractivity contribution in [1.82, 2.24) is 4.98 Å². The maximum absolute atomic E-state index is 11.5. The number of hydrogen-bond acceptors (Lipinski definition) is 5. The Morgan fingerprint density at radius 2 is 1.79 bits per heavy atom. The number of rotatable bonds is 4. The standard InChI is InChI=1S/C18H16N4O2/c1-22(2)13-8-9-15(14(11-13)18(23)24)20-21-16-7-3-5-12-6-4-10-19-17(12)16/h3-11H,1-2H3,(H,23,24). The van der Waals surface area contributed by atoms with Gasteiger partial charge in [-0.2, -0.15) is 0 Å². The summed E-state index contributed by atoms with van der Waals surface area (Å²) >= 11 is 0. The fourth-order valence-electron chi connectivity index (χ4n) is 2.34. The van der Waals surface area contributed by atoms with E-state index in [1.165, 1.54) is 0 Å². The molecule has 2 aromatic carbocycles. The van der Waals surface area contributed by atoms with E-state index in [0.29, 0.717) is 11.4 Å². The molecule has 3 aromatic rings. The highest BCUT2D eigenvalue weighted by Gasteiger charge is 2.12.